The highest BCUT2D eigenvalue weighted by Crippen LogP contribution is 1.97. The van der Waals surface area contributed by atoms with E-state index in [1.807, 2.05) is 38.2 Å². The molecule has 0 aliphatic rings. The van der Waals surface area contributed by atoms with Gasteiger partial charge in [-0.15, -0.1) is 0 Å². The number of unbranched alkanes of at least 4 members (excludes halogenated alkanes) is 2. The maximum absolute atomic E-state index is 11.6. The summed E-state index contributed by atoms with van der Waals surface area (Å²) in [5.74, 6) is 0.0334. The number of nitrogens with one attached hydrogen (secondary N) is 1. The lowest BCUT2D eigenvalue weighted by Gasteiger charge is -2.02. The number of hydrogen-bond donors (Lipinski definition) is 1. The smallest absolute Gasteiger partial charge is 0.246 e. The lowest BCUT2D eigenvalue weighted by Crippen LogP contribution is -2.24. The van der Waals surface area contributed by atoms with Crippen molar-refractivity contribution in [2.75, 3.05) is 6.54 Å². The molecule has 0 unspecified atom stereocenters. The van der Waals surface area contributed by atoms with Gasteiger partial charge in [0.15, 0.2) is 0 Å². The zero-order valence-electron chi connectivity index (χ0n) is 12.5. The third-order valence-electron chi connectivity index (χ3n) is 2.60. The van der Waals surface area contributed by atoms with Gasteiger partial charge in [-0.05, 0) is 33.1 Å². The number of hydrogen-bond acceptors (Lipinski definition) is 1. The van der Waals surface area contributed by atoms with E-state index >= 15 is 0 Å². The molecule has 0 saturated carbocycles. The second-order valence-corrected chi connectivity index (χ2v) is 4.42. The van der Waals surface area contributed by atoms with Crippen molar-refractivity contribution >= 4 is 5.91 Å². The van der Waals surface area contributed by atoms with Crippen LogP contribution in [0.1, 0.15) is 46.5 Å². The summed E-state index contributed by atoms with van der Waals surface area (Å²) in [5.41, 5.74) is 0.761. The molecule has 0 atom stereocenters. The number of allylic oxidation sites excluding steroid dienone is 7. The molecular formula is C17H27NO. The van der Waals surface area contributed by atoms with Crippen LogP contribution in [0.25, 0.3) is 0 Å². The van der Waals surface area contributed by atoms with Crippen molar-refractivity contribution in [2.45, 2.75) is 46.5 Å². The van der Waals surface area contributed by atoms with Gasteiger partial charge in [-0.3, -0.25) is 4.79 Å². The Bertz CT molecular complexity index is 348. The number of amides is 1. The van der Waals surface area contributed by atoms with Crippen LogP contribution >= 0.6 is 0 Å². The van der Waals surface area contributed by atoms with Crippen LogP contribution in [-0.4, -0.2) is 12.5 Å². The molecule has 0 spiro atoms. The van der Waals surface area contributed by atoms with Gasteiger partial charge in [0.25, 0.3) is 0 Å². The maximum atomic E-state index is 11.6. The highest BCUT2D eigenvalue weighted by atomic mass is 16.1. The third-order valence-corrected chi connectivity index (χ3v) is 2.60. The fraction of sp³-hybridized carbons (Fsp3) is 0.471. The van der Waals surface area contributed by atoms with Crippen LogP contribution < -0.4 is 5.32 Å². The molecule has 1 N–H and O–H groups in total. The van der Waals surface area contributed by atoms with E-state index in [0.29, 0.717) is 0 Å². The molecule has 106 valence electrons. The first-order valence-electron chi connectivity index (χ1n) is 7.11. The Kier molecular flexibility index (Phi) is 11.8. The summed E-state index contributed by atoms with van der Waals surface area (Å²) in [7, 11) is 0. The monoisotopic (exact) mass is 261 g/mol. The van der Waals surface area contributed by atoms with Gasteiger partial charge >= 0.3 is 0 Å². The molecular weight excluding hydrogens is 234 g/mol. The van der Waals surface area contributed by atoms with Gasteiger partial charge < -0.3 is 5.32 Å². The minimum atomic E-state index is 0.0334. The topological polar surface area (TPSA) is 29.1 Å². The number of carbonyl (C=O) groups is 1. The molecule has 0 aromatic rings. The normalized spacial score (nSPS) is 12.9. The first kappa shape index (κ1) is 17.4. The molecule has 0 aromatic heterocycles. The van der Waals surface area contributed by atoms with Crippen LogP contribution in [0.4, 0.5) is 0 Å². The van der Waals surface area contributed by atoms with Crippen molar-refractivity contribution < 1.29 is 4.79 Å². The molecule has 2 nitrogen and oxygen atoms in total. The molecule has 0 fully saturated rings. The minimum Gasteiger partial charge on any atom is -0.352 e. The highest BCUT2D eigenvalue weighted by molar-refractivity contribution is 5.92. The molecule has 0 rings (SSSR count). The van der Waals surface area contributed by atoms with Crippen LogP contribution in [0.2, 0.25) is 0 Å². The Morgan fingerprint density at radius 2 is 1.79 bits per heavy atom. The second kappa shape index (κ2) is 12.9. The zero-order valence-corrected chi connectivity index (χ0v) is 12.5. The SMILES string of the molecule is C/C=C/C=C\CC/C=C/C=C(\C)C(=O)NCCCC. The van der Waals surface area contributed by atoms with Gasteiger partial charge in [-0.2, -0.15) is 0 Å². The molecule has 0 aliphatic carbocycles. The number of rotatable bonds is 9. The first-order chi connectivity index (χ1) is 9.22. The summed E-state index contributed by atoms with van der Waals surface area (Å²) >= 11 is 0. The van der Waals surface area contributed by atoms with Crippen molar-refractivity contribution in [1.82, 2.24) is 5.32 Å². The molecule has 0 bridgehead atoms. The second-order valence-electron chi connectivity index (χ2n) is 4.42. The van der Waals surface area contributed by atoms with Crippen molar-refractivity contribution in [3.05, 3.63) is 48.1 Å². The van der Waals surface area contributed by atoms with Gasteiger partial charge in [0.1, 0.15) is 0 Å². The molecule has 0 aliphatic heterocycles. The summed E-state index contributed by atoms with van der Waals surface area (Å²) in [4.78, 5) is 11.6. The standard InChI is InChI=1S/C17H27NO/c1-4-6-8-9-10-11-12-13-14-16(3)17(19)18-15-7-5-2/h4,6,8-9,12-14H,5,7,10-11,15H2,1-3H3,(H,18,19)/b6-4+,9-8-,13-12+,16-14+. The van der Waals surface area contributed by atoms with Crippen LogP contribution in [-0.2, 0) is 4.79 Å². The van der Waals surface area contributed by atoms with E-state index in [1.54, 1.807) is 0 Å². The summed E-state index contributed by atoms with van der Waals surface area (Å²) in [5, 5.41) is 2.90. The highest BCUT2D eigenvalue weighted by Gasteiger charge is 2.00. The van der Waals surface area contributed by atoms with E-state index in [-0.39, 0.29) is 5.91 Å². The van der Waals surface area contributed by atoms with Crippen LogP contribution in [0.3, 0.4) is 0 Å². The summed E-state index contributed by atoms with van der Waals surface area (Å²) in [6.07, 6.45) is 18.3. The fourth-order valence-corrected chi connectivity index (χ4v) is 1.38. The molecule has 0 saturated heterocycles. The van der Waals surface area contributed by atoms with E-state index in [9.17, 15) is 4.79 Å². The van der Waals surface area contributed by atoms with Crippen LogP contribution in [0.5, 0.6) is 0 Å². The van der Waals surface area contributed by atoms with Crippen LogP contribution in [0.15, 0.2) is 48.1 Å². The molecule has 0 aromatic carbocycles. The van der Waals surface area contributed by atoms with E-state index in [4.69, 9.17) is 0 Å². The summed E-state index contributed by atoms with van der Waals surface area (Å²) in [6, 6.07) is 0. The average Bonchev–Trinajstić information content (AvgIpc) is 2.41. The third kappa shape index (κ3) is 11.3. The lowest BCUT2D eigenvalue weighted by molar-refractivity contribution is -0.117. The van der Waals surface area contributed by atoms with Gasteiger partial charge in [-0.25, -0.2) is 0 Å². The largest absolute Gasteiger partial charge is 0.352 e. The number of carbonyl (C=O) groups excluding carboxylic acids is 1. The van der Waals surface area contributed by atoms with Crippen molar-refractivity contribution in [3.63, 3.8) is 0 Å². The Hall–Kier alpha value is -1.57. The predicted molar refractivity (Wildman–Crippen MR) is 84.0 cm³/mol. The fourth-order valence-electron chi connectivity index (χ4n) is 1.38. The summed E-state index contributed by atoms with van der Waals surface area (Å²) in [6.45, 7) is 6.73. The lowest BCUT2D eigenvalue weighted by atomic mass is 10.2. The molecule has 2 heteroatoms. The van der Waals surface area contributed by atoms with Gasteiger partial charge in [0, 0.05) is 12.1 Å². The van der Waals surface area contributed by atoms with E-state index < -0.39 is 0 Å². The molecule has 19 heavy (non-hydrogen) atoms. The Morgan fingerprint density at radius 3 is 2.42 bits per heavy atom. The van der Waals surface area contributed by atoms with Gasteiger partial charge in [-0.1, -0.05) is 55.9 Å². The molecule has 0 heterocycles. The van der Waals surface area contributed by atoms with Gasteiger partial charge in [0.2, 0.25) is 5.91 Å². The molecule has 0 radical (unpaired) electrons. The Balaban J connectivity index is 3.86. The Morgan fingerprint density at radius 1 is 1.11 bits per heavy atom. The van der Waals surface area contributed by atoms with Gasteiger partial charge in [0.05, 0.1) is 0 Å². The molecule has 1 amide bonds. The quantitative estimate of drug-likeness (QED) is 0.374. The first-order valence-corrected chi connectivity index (χ1v) is 7.11. The van der Waals surface area contributed by atoms with E-state index in [1.165, 1.54) is 0 Å². The van der Waals surface area contributed by atoms with Crippen molar-refractivity contribution in [3.8, 4) is 0 Å². The predicted octanol–water partition coefficient (Wildman–Crippen LogP) is 4.32. The van der Waals surface area contributed by atoms with Crippen molar-refractivity contribution in [2.24, 2.45) is 0 Å². The summed E-state index contributed by atoms with van der Waals surface area (Å²) < 4.78 is 0. The zero-order chi connectivity index (χ0) is 14.3. The average molecular weight is 261 g/mol. The van der Waals surface area contributed by atoms with Crippen LogP contribution in [0, 0.1) is 0 Å². The minimum absolute atomic E-state index is 0.0334. The van der Waals surface area contributed by atoms with E-state index in [2.05, 4.69) is 30.5 Å². The van der Waals surface area contributed by atoms with E-state index in [0.717, 1.165) is 37.8 Å². The Labute approximate surface area is 118 Å². The maximum Gasteiger partial charge on any atom is 0.246 e. The van der Waals surface area contributed by atoms with Crippen molar-refractivity contribution in [1.29, 1.82) is 0 Å².